The smallest absolute Gasteiger partial charge is 0.407 e. The van der Waals surface area contributed by atoms with Crippen molar-refractivity contribution in [1.82, 2.24) is 40.4 Å². The molecule has 0 radical (unpaired) electrons. The lowest BCUT2D eigenvalue weighted by Gasteiger charge is -2.30. The minimum atomic E-state index is -0.693. The van der Waals surface area contributed by atoms with Crippen molar-refractivity contribution in [3.63, 3.8) is 0 Å². The average Bonchev–Trinajstić information content (AvgIpc) is 4.02. The first-order valence-electron chi connectivity index (χ1n) is 20.0. The number of aromatic amines is 2. The van der Waals surface area contributed by atoms with Gasteiger partial charge in [-0.25, -0.2) is 19.6 Å². The summed E-state index contributed by atoms with van der Waals surface area (Å²) < 4.78 is 9.61. The lowest BCUT2D eigenvalue weighted by atomic mass is 9.83. The van der Waals surface area contributed by atoms with Crippen molar-refractivity contribution >= 4 is 24.0 Å². The molecule has 2 aromatic heterocycles. The number of methoxy groups -OCH3 is 2. The molecule has 4 N–H and O–H groups in total. The van der Waals surface area contributed by atoms with E-state index in [9.17, 15) is 19.2 Å². The number of carbonyl (C=O) groups excluding carboxylic acids is 4. The Kier molecular flexibility index (Phi) is 11.0. The zero-order valence-corrected chi connectivity index (χ0v) is 33.0. The van der Waals surface area contributed by atoms with Gasteiger partial charge in [-0.3, -0.25) is 9.59 Å². The van der Waals surface area contributed by atoms with E-state index in [2.05, 4.69) is 32.7 Å². The number of fused-ring (bicyclic) bond motifs is 1. The van der Waals surface area contributed by atoms with Gasteiger partial charge >= 0.3 is 12.2 Å². The molecular weight excluding hydrogens is 701 g/mol. The van der Waals surface area contributed by atoms with Crippen molar-refractivity contribution in [1.29, 1.82) is 0 Å². The number of carbonyl (C=O) groups is 4. The summed E-state index contributed by atoms with van der Waals surface area (Å²) in [5.74, 6) is 1.03. The van der Waals surface area contributed by atoms with Crippen molar-refractivity contribution < 1.29 is 28.7 Å². The highest BCUT2D eigenvalue weighted by Gasteiger charge is 2.43. The number of ether oxygens (including phenoxy) is 2. The molecule has 4 aliphatic rings. The van der Waals surface area contributed by atoms with Gasteiger partial charge in [0.25, 0.3) is 0 Å². The molecule has 4 heterocycles. The van der Waals surface area contributed by atoms with Crippen LogP contribution in [0.2, 0.25) is 0 Å². The number of imidazole rings is 2. The average molecular weight is 757 g/mol. The maximum atomic E-state index is 13.8. The summed E-state index contributed by atoms with van der Waals surface area (Å²) in [6.07, 6.45) is 12.7. The van der Waals surface area contributed by atoms with Crippen molar-refractivity contribution in [3.05, 3.63) is 47.3 Å². The fourth-order valence-corrected chi connectivity index (χ4v) is 9.56. The Bertz CT molecular complexity index is 1780. The molecule has 2 aliphatic carbocycles. The number of rotatable bonds is 10. The summed E-state index contributed by atoms with van der Waals surface area (Å²) in [6, 6.07) is 2.55. The number of likely N-dealkylation sites (tertiary alicyclic amines) is 2. The Labute approximate surface area is 322 Å². The van der Waals surface area contributed by atoms with Gasteiger partial charge in [-0.05, 0) is 79.7 Å². The van der Waals surface area contributed by atoms with Crippen LogP contribution < -0.4 is 10.6 Å². The summed E-state index contributed by atoms with van der Waals surface area (Å²) >= 11 is 0. The second kappa shape index (κ2) is 15.7. The summed E-state index contributed by atoms with van der Waals surface area (Å²) in [6.45, 7) is 8.86. The third-order valence-corrected chi connectivity index (χ3v) is 12.5. The minimum Gasteiger partial charge on any atom is -0.453 e. The molecule has 1 spiro atoms. The molecule has 55 heavy (non-hydrogen) atoms. The molecule has 0 bridgehead atoms. The van der Waals surface area contributed by atoms with Crippen LogP contribution >= 0.6 is 0 Å². The SMILES string of the molecule is COC(=O)N[C@@H](C(=O)N1CCCC1c1ncc(-c2ccc(-c3cnc(C4CCCN4C(=O)[C@H](NC(=O)OC)C(C)C)[nH]3)c3c2CC2(CCCC2)C3)[nH]1)C(C)C. The predicted molar refractivity (Wildman–Crippen MR) is 206 cm³/mol. The standard InChI is InChI=1S/C41H56N8O6/c1-23(2)33(46-39(52)54-5)37(50)48-17-9-11-31(48)35-42-21-29(44-35)25-13-14-26(28-20-41(19-27(25)28)15-7-8-16-41)30-22-43-36(45-30)32-12-10-18-49(32)38(51)34(24(3)4)47-40(53)55-6/h13-14,21-24,31-34H,7-12,15-20H2,1-6H3,(H,42,44)(H,43,45)(H,46,52)(H,47,53)/t31?,32?,33-,34-/m1/s1. The molecule has 7 rings (SSSR count). The van der Waals surface area contributed by atoms with Gasteiger partial charge in [-0.1, -0.05) is 52.7 Å². The van der Waals surface area contributed by atoms with E-state index < -0.39 is 24.3 Å². The first-order valence-corrected chi connectivity index (χ1v) is 20.0. The van der Waals surface area contributed by atoms with Crippen LogP contribution in [-0.2, 0) is 31.9 Å². The number of H-pyrrole nitrogens is 2. The van der Waals surface area contributed by atoms with Crippen LogP contribution in [0.5, 0.6) is 0 Å². The van der Waals surface area contributed by atoms with Crippen LogP contribution in [0, 0.1) is 17.3 Å². The summed E-state index contributed by atoms with van der Waals surface area (Å²) in [7, 11) is 2.60. The Balaban J connectivity index is 1.16. The third-order valence-electron chi connectivity index (χ3n) is 12.5. The van der Waals surface area contributed by atoms with Crippen molar-refractivity contribution in [2.75, 3.05) is 27.3 Å². The van der Waals surface area contributed by atoms with Gasteiger partial charge in [0.2, 0.25) is 11.8 Å². The normalized spacial score (nSPS) is 21.3. The summed E-state index contributed by atoms with van der Waals surface area (Å²) in [5.41, 5.74) is 7.04. The van der Waals surface area contributed by atoms with E-state index in [0.29, 0.717) is 13.1 Å². The first kappa shape index (κ1) is 38.4. The van der Waals surface area contributed by atoms with E-state index in [1.807, 2.05) is 49.9 Å². The van der Waals surface area contributed by atoms with E-state index in [1.165, 1.54) is 51.0 Å². The van der Waals surface area contributed by atoms with Crippen LogP contribution in [0.3, 0.4) is 0 Å². The van der Waals surface area contributed by atoms with Crippen LogP contribution in [0.25, 0.3) is 22.5 Å². The Hall–Kier alpha value is -4.88. The molecule has 4 atom stereocenters. The summed E-state index contributed by atoms with van der Waals surface area (Å²) in [5, 5.41) is 5.46. The van der Waals surface area contributed by atoms with Gasteiger partial charge in [-0.15, -0.1) is 0 Å². The first-order chi connectivity index (χ1) is 26.4. The number of nitrogens with one attached hydrogen (secondary N) is 4. The molecule has 3 fully saturated rings. The molecule has 3 aromatic rings. The number of aromatic nitrogens is 4. The quantitative estimate of drug-likeness (QED) is 0.189. The molecular formula is C41H56N8O6. The van der Waals surface area contributed by atoms with E-state index in [0.717, 1.165) is 72.7 Å². The van der Waals surface area contributed by atoms with Gasteiger partial charge in [0.1, 0.15) is 23.7 Å². The number of hydrogen-bond acceptors (Lipinski definition) is 8. The Morgan fingerprint density at radius 3 is 1.51 bits per heavy atom. The van der Waals surface area contributed by atoms with Gasteiger partial charge in [-0.2, -0.15) is 0 Å². The monoisotopic (exact) mass is 756 g/mol. The topological polar surface area (TPSA) is 175 Å². The Morgan fingerprint density at radius 1 is 0.709 bits per heavy atom. The fraction of sp³-hybridized carbons (Fsp3) is 0.610. The number of hydrogen-bond donors (Lipinski definition) is 4. The highest BCUT2D eigenvalue weighted by molar-refractivity contribution is 5.87. The van der Waals surface area contributed by atoms with Crippen LogP contribution in [-0.4, -0.2) is 93.1 Å². The molecule has 14 nitrogen and oxygen atoms in total. The largest absolute Gasteiger partial charge is 0.453 e. The maximum absolute atomic E-state index is 13.8. The number of alkyl carbamates (subject to hydrolysis) is 2. The van der Waals surface area contributed by atoms with Gasteiger partial charge in [0.05, 0.1) is 50.1 Å². The zero-order valence-electron chi connectivity index (χ0n) is 33.0. The molecule has 14 heteroatoms. The second-order valence-electron chi connectivity index (χ2n) is 16.6. The predicted octanol–water partition coefficient (Wildman–Crippen LogP) is 6.21. The Morgan fingerprint density at radius 2 is 1.13 bits per heavy atom. The lowest BCUT2D eigenvalue weighted by Crippen LogP contribution is -2.51. The third kappa shape index (κ3) is 7.43. The van der Waals surface area contributed by atoms with Crippen LogP contribution in [0.15, 0.2) is 24.5 Å². The number of benzene rings is 1. The molecule has 296 valence electrons. The maximum Gasteiger partial charge on any atom is 0.407 e. The fourth-order valence-electron chi connectivity index (χ4n) is 9.56. The van der Waals surface area contributed by atoms with Crippen molar-refractivity contribution in [3.8, 4) is 22.5 Å². The highest BCUT2D eigenvalue weighted by Crippen LogP contribution is 2.53. The van der Waals surface area contributed by atoms with E-state index in [4.69, 9.17) is 19.4 Å². The van der Waals surface area contributed by atoms with Crippen molar-refractivity contribution in [2.24, 2.45) is 17.3 Å². The van der Waals surface area contributed by atoms with Gasteiger partial charge in [0, 0.05) is 24.2 Å². The molecule has 4 amide bonds. The molecule has 2 aliphatic heterocycles. The van der Waals surface area contributed by atoms with E-state index in [-0.39, 0.29) is 41.1 Å². The van der Waals surface area contributed by atoms with Crippen molar-refractivity contribution in [2.45, 2.75) is 116 Å². The molecule has 2 saturated heterocycles. The van der Waals surface area contributed by atoms with E-state index >= 15 is 0 Å². The van der Waals surface area contributed by atoms with Gasteiger partial charge < -0.3 is 39.9 Å². The van der Waals surface area contributed by atoms with Gasteiger partial charge in [0.15, 0.2) is 0 Å². The number of amides is 4. The lowest BCUT2D eigenvalue weighted by molar-refractivity contribution is -0.136. The van der Waals surface area contributed by atoms with Crippen LogP contribution in [0.1, 0.15) is 114 Å². The summed E-state index contributed by atoms with van der Waals surface area (Å²) in [4.78, 5) is 72.4. The zero-order chi connectivity index (χ0) is 39.0. The molecule has 2 unspecified atom stereocenters. The molecule has 1 saturated carbocycles. The second-order valence-corrected chi connectivity index (χ2v) is 16.6. The van der Waals surface area contributed by atoms with E-state index in [1.54, 1.807) is 0 Å². The highest BCUT2D eigenvalue weighted by atomic mass is 16.5. The molecule has 1 aromatic carbocycles. The minimum absolute atomic E-state index is 0.109. The van der Waals surface area contributed by atoms with Crippen LogP contribution in [0.4, 0.5) is 9.59 Å². The number of nitrogens with zero attached hydrogens (tertiary/aromatic N) is 4.